The summed E-state index contributed by atoms with van der Waals surface area (Å²) in [6, 6.07) is 0. The molecule has 1 fully saturated rings. The van der Waals surface area contributed by atoms with Crippen molar-refractivity contribution in [1.29, 1.82) is 0 Å². The van der Waals surface area contributed by atoms with E-state index in [9.17, 15) is 0 Å². The van der Waals surface area contributed by atoms with E-state index in [-0.39, 0.29) is 11.1 Å². The molecule has 0 bridgehead atoms. The van der Waals surface area contributed by atoms with Gasteiger partial charge in [0.1, 0.15) is 0 Å². The van der Waals surface area contributed by atoms with Crippen molar-refractivity contribution >= 4 is 0 Å². The molecular formula is C17H35NO2. The van der Waals surface area contributed by atoms with E-state index in [0.717, 1.165) is 25.7 Å². The van der Waals surface area contributed by atoms with Crippen LogP contribution < -0.4 is 0 Å². The van der Waals surface area contributed by atoms with Gasteiger partial charge >= 0.3 is 0 Å². The van der Waals surface area contributed by atoms with Crippen molar-refractivity contribution in [1.82, 2.24) is 5.06 Å². The largest absolute Gasteiger partial charge is 0.381 e. The second-order valence-corrected chi connectivity index (χ2v) is 7.46. The maximum atomic E-state index is 6.44. The standard InChI is InChI=1S/C17H35NO2/c1-8-10-11-14(9-2)20-18-16(3,4)12-15(19-7)13-17(18,5)6/h14-15H,8-13H2,1-7H3. The van der Waals surface area contributed by atoms with Crippen molar-refractivity contribution in [2.75, 3.05) is 7.11 Å². The number of piperidine rings is 1. The third-order valence-corrected chi connectivity index (χ3v) is 4.48. The summed E-state index contributed by atoms with van der Waals surface area (Å²) in [5, 5.41) is 2.26. The van der Waals surface area contributed by atoms with E-state index in [1.54, 1.807) is 0 Å². The fourth-order valence-electron chi connectivity index (χ4n) is 3.54. The third-order valence-electron chi connectivity index (χ3n) is 4.48. The Bertz CT molecular complexity index is 271. The Labute approximate surface area is 126 Å². The molecule has 0 aromatic heterocycles. The molecule has 0 aliphatic carbocycles. The number of rotatable bonds is 7. The molecule has 3 nitrogen and oxygen atoms in total. The Morgan fingerprint density at radius 1 is 1.10 bits per heavy atom. The van der Waals surface area contributed by atoms with Crippen LogP contribution in [0.1, 0.15) is 80.1 Å². The van der Waals surface area contributed by atoms with Gasteiger partial charge in [0.2, 0.25) is 0 Å². The van der Waals surface area contributed by atoms with Gasteiger partial charge in [0.25, 0.3) is 0 Å². The second-order valence-electron chi connectivity index (χ2n) is 7.46. The van der Waals surface area contributed by atoms with Gasteiger partial charge < -0.3 is 4.74 Å². The Morgan fingerprint density at radius 2 is 1.65 bits per heavy atom. The molecule has 0 radical (unpaired) electrons. The SMILES string of the molecule is CCCCC(CC)ON1C(C)(C)CC(OC)CC1(C)C. The van der Waals surface area contributed by atoms with Crippen LogP contribution in [0.4, 0.5) is 0 Å². The van der Waals surface area contributed by atoms with Gasteiger partial charge in [-0.15, -0.1) is 0 Å². The fourth-order valence-corrected chi connectivity index (χ4v) is 3.54. The topological polar surface area (TPSA) is 21.7 Å². The Kier molecular flexibility index (Phi) is 6.49. The molecule has 0 saturated carbocycles. The van der Waals surface area contributed by atoms with Gasteiger partial charge in [0.05, 0.1) is 12.2 Å². The lowest BCUT2D eigenvalue weighted by Crippen LogP contribution is -2.62. The zero-order valence-electron chi connectivity index (χ0n) is 14.7. The van der Waals surface area contributed by atoms with Gasteiger partial charge in [-0.1, -0.05) is 26.7 Å². The summed E-state index contributed by atoms with van der Waals surface area (Å²) in [5.74, 6) is 0. The first-order valence-corrected chi connectivity index (χ1v) is 8.26. The number of unbranched alkanes of at least 4 members (excludes halogenated alkanes) is 1. The van der Waals surface area contributed by atoms with Gasteiger partial charge in [-0.2, -0.15) is 5.06 Å². The van der Waals surface area contributed by atoms with E-state index in [1.165, 1.54) is 12.8 Å². The summed E-state index contributed by atoms with van der Waals surface area (Å²) in [5.41, 5.74) is 0.0319. The molecule has 1 aliphatic rings. The predicted octanol–water partition coefficient (Wildman–Crippen LogP) is 4.55. The number of ether oxygens (including phenoxy) is 1. The molecular weight excluding hydrogens is 250 g/mol. The number of hydrogen-bond donors (Lipinski definition) is 0. The summed E-state index contributed by atoms with van der Waals surface area (Å²) in [6.07, 6.45) is 7.43. The number of hydroxylamine groups is 2. The molecule has 1 heterocycles. The lowest BCUT2D eigenvalue weighted by atomic mass is 9.80. The Hall–Kier alpha value is -0.120. The number of hydrogen-bond acceptors (Lipinski definition) is 3. The minimum absolute atomic E-state index is 0.0159. The molecule has 0 amide bonds. The summed E-state index contributed by atoms with van der Waals surface area (Å²) in [4.78, 5) is 6.44. The van der Waals surface area contributed by atoms with Crippen LogP contribution in [0.15, 0.2) is 0 Å². The summed E-state index contributed by atoms with van der Waals surface area (Å²) < 4.78 is 5.62. The van der Waals surface area contributed by atoms with Gasteiger partial charge in [-0.25, -0.2) is 0 Å². The molecule has 1 rings (SSSR count). The van der Waals surface area contributed by atoms with E-state index in [0.29, 0.717) is 12.2 Å². The first-order valence-electron chi connectivity index (χ1n) is 8.26. The maximum Gasteiger partial charge on any atom is 0.0791 e. The van der Waals surface area contributed by atoms with Crippen LogP contribution in [0.5, 0.6) is 0 Å². The average Bonchev–Trinajstić information content (AvgIpc) is 2.35. The molecule has 20 heavy (non-hydrogen) atoms. The normalized spacial score (nSPS) is 24.8. The number of methoxy groups -OCH3 is 1. The molecule has 0 spiro atoms. The predicted molar refractivity (Wildman–Crippen MR) is 84.7 cm³/mol. The van der Waals surface area contributed by atoms with Crippen LogP contribution in [0.2, 0.25) is 0 Å². The zero-order valence-corrected chi connectivity index (χ0v) is 14.7. The highest BCUT2D eigenvalue weighted by atomic mass is 16.7. The van der Waals surface area contributed by atoms with E-state index in [4.69, 9.17) is 9.57 Å². The van der Waals surface area contributed by atoms with Crippen molar-refractivity contribution in [3.63, 3.8) is 0 Å². The molecule has 0 N–H and O–H groups in total. The van der Waals surface area contributed by atoms with Crippen LogP contribution in [0.25, 0.3) is 0 Å². The number of nitrogens with zero attached hydrogens (tertiary/aromatic N) is 1. The second kappa shape index (κ2) is 7.24. The van der Waals surface area contributed by atoms with Crippen molar-refractivity contribution < 1.29 is 9.57 Å². The van der Waals surface area contributed by atoms with Crippen LogP contribution in [-0.4, -0.2) is 35.5 Å². The van der Waals surface area contributed by atoms with Gasteiger partial charge in [0.15, 0.2) is 0 Å². The minimum atomic E-state index is 0.0159. The first-order chi connectivity index (χ1) is 9.26. The molecule has 120 valence electrons. The van der Waals surface area contributed by atoms with Crippen molar-refractivity contribution in [3.8, 4) is 0 Å². The molecule has 1 saturated heterocycles. The smallest absolute Gasteiger partial charge is 0.0791 e. The van der Waals surface area contributed by atoms with Gasteiger partial charge in [-0.3, -0.25) is 4.84 Å². The molecule has 1 atom stereocenters. The van der Waals surface area contributed by atoms with Crippen LogP contribution in [-0.2, 0) is 9.57 Å². The summed E-state index contributed by atoms with van der Waals surface area (Å²) in [6.45, 7) is 13.5. The lowest BCUT2D eigenvalue weighted by molar-refractivity contribution is -0.316. The quantitative estimate of drug-likeness (QED) is 0.684. The Balaban J connectivity index is 2.79. The van der Waals surface area contributed by atoms with Crippen molar-refractivity contribution in [2.24, 2.45) is 0 Å². The molecule has 0 aromatic carbocycles. The molecule has 1 unspecified atom stereocenters. The van der Waals surface area contributed by atoms with Crippen LogP contribution in [0, 0.1) is 0 Å². The fraction of sp³-hybridized carbons (Fsp3) is 1.00. The maximum absolute atomic E-state index is 6.44. The van der Waals surface area contributed by atoms with E-state index in [2.05, 4.69) is 46.6 Å². The average molecular weight is 285 g/mol. The van der Waals surface area contributed by atoms with Gasteiger partial charge in [0, 0.05) is 18.2 Å². The van der Waals surface area contributed by atoms with Crippen molar-refractivity contribution in [2.45, 2.75) is 103 Å². The van der Waals surface area contributed by atoms with E-state index < -0.39 is 0 Å². The van der Waals surface area contributed by atoms with Crippen LogP contribution in [0.3, 0.4) is 0 Å². The zero-order chi connectivity index (χ0) is 15.4. The highest BCUT2D eigenvalue weighted by molar-refractivity contribution is 4.97. The minimum Gasteiger partial charge on any atom is -0.381 e. The highest BCUT2D eigenvalue weighted by Gasteiger charge is 2.47. The van der Waals surface area contributed by atoms with E-state index >= 15 is 0 Å². The van der Waals surface area contributed by atoms with Gasteiger partial charge in [-0.05, 0) is 53.4 Å². The monoisotopic (exact) mass is 285 g/mol. The highest BCUT2D eigenvalue weighted by Crippen LogP contribution is 2.40. The first kappa shape index (κ1) is 17.9. The lowest BCUT2D eigenvalue weighted by Gasteiger charge is -2.54. The van der Waals surface area contributed by atoms with Crippen LogP contribution >= 0.6 is 0 Å². The summed E-state index contributed by atoms with van der Waals surface area (Å²) >= 11 is 0. The molecule has 1 aliphatic heterocycles. The molecule has 0 aromatic rings. The Morgan fingerprint density at radius 3 is 2.05 bits per heavy atom. The summed E-state index contributed by atoms with van der Waals surface area (Å²) in [7, 11) is 1.82. The third kappa shape index (κ3) is 4.44. The van der Waals surface area contributed by atoms with E-state index in [1.807, 2.05) is 7.11 Å². The molecule has 3 heteroatoms. The van der Waals surface area contributed by atoms with Crippen molar-refractivity contribution in [3.05, 3.63) is 0 Å².